The van der Waals surface area contributed by atoms with Gasteiger partial charge in [-0.1, -0.05) is 0 Å². The van der Waals surface area contributed by atoms with Gasteiger partial charge in [0.25, 0.3) is 0 Å². The van der Waals surface area contributed by atoms with Crippen molar-refractivity contribution in [2.45, 2.75) is 6.42 Å². The second kappa shape index (κ2) is 8.64. The van der Waals surface area contributed by atoms with Crippen LogP contribution in [0.4, 0.5) is 17.3 Å². The summed E-state index contributed by atoms with van der Waals surface area (Å²) in [6, 6.07) is 0. The van der Waals surface area contributed by atoms with Crippen LogP contribution in [0, 0.1) is 10.1 Å². The maximum absolute atomic E-state index is 11.5. The van der Waals surface area contributed by atoms with Gasteiger partial charge in [0.2, 0.25) is 17.5 Å². The molecular weight excluding hydrogens is 280 g/mol. The molecule has 0 aromatic carbocycles. The molecule has 0 atom stereocenters. The highest BCUT2D eigenvalue weighted by Crippen LogP contribution is 2.28. The van der Waals surface area contributed by atoms with E-state index >= 15 is 0 Å². The van der Waals surface area contributed by atoms with Gasteiger partial charge in [0.15, 0.2) is 0 Å². The van der Waals surface area contributed by atoms with Gasteiger partial charge in [-0.2, -0.15) is 0 Å². The van der Waals surface area contributed by atoms with Crippen molar-refractivity contribution >= 4 is 23.2 Å². The molecule has 0 aliphatic carbocycles. The molecule has 0 spiro atoms. The van der Waals surface area contributed by atoms with Crippen LogP contribution in [0.2, 0.25) is 0 Å². The van der Waals surface area contributed by atoms with E-state index in [9.17, 15) is 14.9 Å². The van der Waals surface area contributed by atoms with E-state index in [4.69, 9.17) is 4.74 Å². The van der Waals surface area contributed by atoms with E-state index in [1.54, 1.807) is 7.11 Å². The van der Waals surface area contributed by atoms with Gasteiger partial charge in [-0.05, 0) is 0 Å². The molecule has 1 heterocycles. The van der Waals surface area contributed by atoms with Gasteiger partial charge in [-0.3, -0.25) is 14.9 Å². The molecule has 0 saturated carbocycles. The van der Waals surface area contributed by atoms with Crippen molar-refractivity contribution in [3.05, 3.63) is 16.4 Å². The summed E-state index contributed by atoms with van der Waals surface area (Å²) in [5.41, 5.74) is -0.250. The number of nitro groups is 1. The number of methoxy groups -OCH3 is 1. The number of aromatic nitrogens is 2. The van der Waals surface area contributed by atoms with E-state index in [1.807, 2.05) is 0 Å². The Labute approximate surface area is 121 Å². The highest BCUT2D eigenvalue weighted by molar-refractivity contribution is 5.76. The molecule has 0 bridgehead atoms. The number of hydrogen-bond donors (Lipinski definition) is 3. The van der Waals surface area contributed by atoms with Crippen molar-refractivity contribution in [1.29, 1.82) is 0 Å². The standard InChI is InChI=1S/C11H18N6O4/c1-12-10-9(17(19)20)11(16-7-15-10)14-4-3-8(18)13-5-6-21-2/h7H,3-6H2,1-2H3,(H,13,18)(H2,12,14,15,16). The highest BCUT2D eigenvalue weighted by atomic mass is 16.6. The molecule has 10 heteroatoms. The Bertz CT molecular complexity index is 496. The van der Waals surface area contributed by atoms with E-state index in [1.165, 1.54) is 13.4 Å². The van der Waals surface area contributed by atoms with Gasteiger partial charge < -0.3 is 20.7 Å². The third-order valence-corrected chi connectivity index (χ3v) is 2.51. The van der Waals surface area contributed by atoms with Crippen LogP contribution in [-0.2, 0) is 9.53 Å². The lowest BCUT2D eigenvalue weighted by Gasteiger charge is -2.08. The fourth-order valence-electron chi connectivity index (χ4n) is 1.54. The quantitative estimate of drug-likeness (QED) is 0.329. The first-order valence-electron chi connectivity index (χ1n) is 6.26. The smallest absolute Gasteiger partial charge is 0.353 e. The van der Waals surface area contributed by atoms with Gasteiger partial charge >= 0.3 is 5.69 Å². The average molecular weight is 298 g/mol. The molecule has 0 fully saturated rings. The Morgan fingerprint density at radius 1 is 1.38 bits per heavy atom. The molecular formula is C11H18N6O4. The number of rotatable bonds is 9. The van der Waals surface area contributed by atoms with Crippen LogP contribution < -0.4 is 16.0 Å². The first-order chi connectivity index (χ1) is 10.1. The molecule has 0 radical (unpaired) electrons. The molecule has 1 rings (SSSR count). The van der Waals surface area contributed by atoms with Gasteiger partial charge in [0.05, 0.1) is 11.5 Å². The fourth-order valence-corrected chi connectivity index (χ4v) is 1.54. The van der Waals surface area contributed by atoms with Crippen molar-refractivity contribution in [2.75, 3.05) is 44.5 Å². The van der Waals surface area contributed by atoms with Gasteiger partial charge in [0, 0.05) is 33.7 Å². The summed E-state index contributed by atoms with van der Waals surface area (Å²) >= 11 is 0. The van der Waals surface area contributed by atoms with E-state index in [-0.39, 0.29) is 36.2 Å². The van der Waals surface area contributed by atoms with Crippen LogP contribution in [0.3, 0.4) is 0 Å². The van der Waals surface area contributed by atoms with Crippen LogP contribution in [0.15, 0.2) is 6.33 Å². The van der Waals surface area contributed by atoms with Crippen LogP contribution in [-0.4, -0.2) is 54.7 Å². The molecule has 116 valence electrons. The first kappa shape index (κ1) is 16.6. The molecule has 10 nitrogen and oxygen atoms in total. The summed E-state index contributed by atoms with van der Waals surface area (Å²) < 4.78 is 4.80. The topological polar surface area (TPSA) is 131 Å². The third-order valence-electron chi connectivity index (χ3n) is 2.51. The minimum Gasteiger partial charge on any atom is -0.383 e. The van der Waals surface area contributed by atoms with Crippen molar-refractivity contribution in [2.24, 2.45) is 0 Å². The Balaban J connectivity index is 2.56. The lowest BCUT2D eigenvalue weighted by molar-refractivity contribution is -0.383. The molecule has 1 amide bonds. The van der Waals surface area contributed by atoms with E-state index in [0.29, 0.717) is 13.2 Å². The minimum absolute atomic E-state index is 0.0732. The van der Waals surface area contributed by atoms with Crippen LogP contribution >= 0.6 is 0 Å². The number of nitrogens with zero attached hydrogens (tertiary/aromatic N) is 3. The SMILES string of the molecule is CNc1ncnc(NCCC(=O)NCCOC)c1[N+](=O)[O-]. The zero-order valence-corrected chi connectivity index (χ0v) is 11.9. The van der Waals surface area contributed by atoms with E-state index in [0.717, 1.165) is 0 Å². The molecule has 21 heavy (non-hydrogen) atoms. The van der Waals surface area contributed by atoms with Crippen molar-refractivity contribution in [1.82, 2.24) is 15.3 Å². The molecule has 0 aliphatic heterocycles. The maximum Gasteiger partial charge on any atom is 0.353 e. The Morgan fingerprint density at radius 3 is 2.71 bits per heavy atom. The monoisotopic (exact) mass is 298 g/mol. The van der Waals surface area contributed by atoms with Gasteiger partial charge in [0.1, 0.15) is 6.33 Å². The van der Waals surface area contributed by atoms with E-state index < -0.39 is 4.92 Å². The molecule has 1 aromatic rings. The van der Waals surface area contributed by atoms with Crippen molar-refractivity contribution in [3.63, 3.8) is 0 Å². The zero-order valence-electron chi connectivity index (χ0n) is 11.9. The summed E-state index contributed by atoms with van der Waals surface area (Å²) in [6.07, 6.45) is 1.37. The van der Waals surface area contributed by atoms with Gasteiger partial charge in [-0.15, -0.1) is 0 Å². The predicted octanol–water partition coefficient (Wildman–Crippen LogP) is -0.00890. The summed E-state index contributed by atoms with van der Waals surface area (Å²) in [7, 11) is 3.07. The Hall–Kier alpha value is -2.49. The highest BCUT2D eigenvalue weighted by Gasteiger charge is 2.21. The number of carbonyl (C=O) groups excluding carboxylic acids is 1. The lowest BCUT2D eigenvalue weighted by atomic mass is 10.3. The number of anilines is 2. The number of nitrogens with one attached hydrogen (secondary N) is 3. The number of carbonyl (C=O) groups is 1. The normalized spacial score (nSPS) is 10.0. The van der Waals surface area contributed by atoms with Crippen LogP contribution in [0.1, 0.15) is 6.42 Å². The van der Waals surface area contributed by atoms with Gasteiger partial charge in [-0.25, -0.2) is 9.97 Å². The fraction of sp³-hybridized carbons (Fsp3) is 0.545. The molecule has 0 unspecified atom stereocenters. The second-order valence-corrected chi connectivity index (χ2v) is 3.95. The number of hydrogen-bond acceptors (Lipinski definition) is 8. The molecule has 1 aromatic heterocycles. The van der Waals surface area contributed by atoms with E-state index in [2.05, 4.69) is 25.9 Å². The maximum atomic E-state index is 11.5. The van der Waals surface area contributed by atoms with Crippen LogP contribution in [0.5, 0.6) is 0 Å². The molecule has 0 aliphatic rings. The second-order valence-electron chi connectivity index (χ2n) is 3.95. The Kier molecular flexibility index (Phi) is 6.81. The minimum atomic E-state index is -0.577. The van der Waals surface area contributed by atoms with Crippen molar-refractivity contribution < 1.29 is 14.5 Å². The first-order valence-corrected chi connectivity index (χ1v) is 6.26. The Morgan fingerprint density at radius 2 is 2.10 bits per heavy atom. The zero-order chi connectivity index (χ0) is 15.7. The molecule has 0 saturated heterocycles. The molecule has 3 N–H and O–H groups in total. The predicted molar refractivity (Wildman–Crippen MR) is 76.2 cm³/mol. The summed E-state index contributed by atoms with van der Waals surface area (Å²) in [4.78, 5) is 29.5. The summed E-state index contributed by atoms with van der Waals surface area (Å²) in [5.74, 6) is 0.0104. The largest absolute Gasteiger partial charge is 0.383 e. The lowest BCUT2D eigenvalue weighted by Crippen LogP contribution is -2.28. The number of ether oxygens (including phenoxy) is 1. The van der Waals surface area contributed by atoms with Crippen molar-refractivity contribution in [3.8, 4) is 0 Å². The summed E-state index contributed by atoms with van der Waals surface area (Å²) in [5, 5.41) is 19.1. The average Bonchev–Trinajstić information content (AvgIpc) is 2.47. The van der Waals surface area contributed by atoms with Crippen LogP contribution in [0.25, 0.3) is 0 Å². The number of amides is 1. The summed E-state index contributed by atoms with van der Waals surface area (Å²) in [6.45, 7) is 1.08. The third kappa shape index (κ3) is 5.18.